The first-order valence-electron chi connectivity index (χ1n) is 7.83. The number of amides is 1. The summed E-state index contributed by atoms with van der Waals surface area (Å²) < 4.78 is 10.5. The van der Waals surface area contributed by atoms with E-state index in [0.29, 0.717) is 23.6 Å². The number of hydrogen-bond acceptors (Lipinski definition) is 5. The molecule has 0 fully saturated rings. The highest BCUT2D eigenvalue weighted by Gasteiger charge is 2.09. The first kappa shape index (κ1) is 19.0. The molecule has 0 spiro atoms. The topological polar surface area (TPSA) is 81.9 Å². The minimum atomic E-state index is -0.463. The van der Waals surface area contributed by atoms with E-state index in [0.717, 1.165) is 5.56 Å². The number of non-ortho nitro benzene ring substituents is 1. The Morgan fingerprint density at radius 2 is 1.77 bits per heavy atom. The predicted octanol–water partition coefficient (Wildman–Crippen LogP) is 3.28. The summed E-state index contributed by atoms with van der Waals surface area (Å²) in [6, 6.07) is 11.5. The van der Waals surface area contributed by atoms with Gasteiger partial charge in [0.05, 0.1) is 19.1 Å². The quantitative estimate of drug-likeness (QED) is 0.432. The van der Waals surface area contributed by atoms with Crippen molar-refractivity contribution < 1.29 is 19.2 Å². The predicted molar refractivity (Wildman–Crippen MR) is 98.2 cm³/mol. The Bertz CT molecular complexity index is 815. The van der Waals surface area contributed by atoms with Gasteiger partial charge in [0.1, 0.15) is 0 Å². The summed E-state index contributed by atoms with van der Waals surface area (Å²) >= 11 is 0. The monoisotopic (exact) mass is 356 g/mol. The van der Waals surface area contributed by atoms with Crippen LogP contribution in [0.5, 0.6) is 11.5 Å². The zero-order chi connectivity index (χ0) is 19.1. The average molecular weight is 356 g/mol. The minimum absolute atomic E-state index is 0.0130. The van der Waals surface area contributed by atoms with E-state index in [1.807, 2.05) is 12.1 Å². The smallest absolute Gasteiger partial charge is 0.269 e. The molecule has 7 heteroatoms. The van der Waals surface area contributed by atoms with E-state index in [4.69, 9.17) is 9.47 Å². The molecule has 0 saturated heterocycles. The van der Waals surface area contributed by atoms with Crippen LogP contribution in [0.4, 0.5) is 5.69 Å². The van der Waals surface area contributed by atoms with Crippen LogP contribution in [-0.4, -0.2) is 37.0 Å². The molecular formula is C19H20N2O5. The van der Waals surface area contributed by atoms with Gasteiger partial charge in [0.2, 0.25) is 5.91 Å². The van der Waals surface area contributed by atoms with Gasteiger partial charge in [0, 0.05) is 31.8 Å². The van der Waals surface area contributed by atoms with Gasteiger partial charge in [-0.1, -0.05) is 6.07 Å². The molecule has 2 aromatic rings. The number of carbonyl (C=O) groups is 1. The van der Waals surface area contributed by atoms with Gasteiger partial charge < -0.3 is 14.4 Å². The molecular weight excluding hydrogens is 336 g/mol. The minimum Gasteiger partial charge on any atom is -0.493 e. The molecule has 0 aromatic heterocycles. The number of carbonyl (C=O) groups excluding carboxylic acids is 1. The number of benzene rings is 2. The molecule has 0 saturated carbocycles. The molecule has 0 N–H and O–H groups in total. The normalized spacial score (nSPS) is 10.6. The zero-order valence-electron chi connectivity index (χ0n) is 14.8. The lowest BCUT2D eigenvalue weighted by molar-refractivity contribution is -0.384. The summed E-state index contributed by atoms with van der Waals surface area (Å²) in [5.41, 5.74) is 1.63. The lowest BCUT2D eigenvalue weighted by atomic mass is 10.1. The molecule has 26 heavy (non-hydrogen) atoms. The summed E-state index contributed by atoms with van der Waals surface area (Å²) in [6.45, 7) is 0.407. The molecule has 0 atom stereocenters. The van der Waals surface area contributed by atoms with E-state index in [-0.39, 0.29) is 11.6 Å². The van der Waals surface area contributed by atoms with Gasteiger partial charge in [0.25, 0.3) is 5.69 Å². The second-order valence-corrected chi connectivity index (χ2v) is 5.57. The lowest BCUT2D eigenvalue weighted by Crippen LogP contribution is -2.24. The number of nitro groups is 1. The molecule has 1 amide bonds. The fourth-order valence-electron chi connectivity index (χ4n) is 2.33. The van der Waals surface area contributed by atoms with E-state index in [1.54, 1.807) is 50.4 Å². The fourth-order valence-corrected chi connectivity index (χ4v) is 2.33. The Labute approximate surface area is 151 Å². The van der Waals surface area contributed by atoms with Crippen LogP contribution in [0, 0.1) is 10.1 Å². The molecule has 2 aromatic carbocycles. The van der Waals surface area contributed by atoms with Crippen molar-refractivity contribution in [3.8, 4) is 11.5 Å². The molecule has 0 unspecified atom stereocenters. The van der Waals surface area contributed by atoms with Gasteiger partial charge in [-0.25, -0.2) is 0 Å². The Balaban J connectivity index is 2.01. The largest absolute Gasteiger partial charge is 0.493 e. The highest BCUT2D eigenvalue weighted by atomic mass is 16.6. The van der Waals surface area contributed by atoms with Crippen molar-refractivity contribution in [3.63, 3.8) is 0 Å². The highest BCUT2D eigenvalue weighted by Crippen LogP contribution is 2.27. The van der Waals surface area contributed by atoms with Gasteiger partial charge in [-0.3, -0.25) is 14.9 Å². The average Bonchev–Trinajstić information content (AvgIpc) is 2.66. The number of ether oxygens (including phenoxy) is 2. The SMILES string of the molecule is COc1ccc(CN(C)C(=O)/C=C/c2ccc([N+](=O)[O-])cc2)cc1OC. The third kappa shape index (κ3) is 4.83. The third-order valence-electron chi connectivity index (χ3n) is 3.77. The number of hydrogen-bond donors (Lipinski definition) is 0. The number of methoxy groups -OCH3 is 2. The molecule has 2 rings (SSSR count). The van der Waals surface area contributed by atoms with Crippen LogP contribution in [0.15, 0.2) is 48.5 Å². The van der Waals surface area contributed by atoms with E-state index in [9.17, 15) is 14.9 Å². The number of rotatable bonds is 7. The van der Waals surface area contributed by atoms with Gasteiger partial charge in [0.15, 0.2) is 11.5 Å². The molecule has 136 valence electrons. The Kier molecular flexibility index (Phi) is 6.32. The summed E-state index contributed by atoms with van der Waals surface area (Å²) in [5, 5.41) is 10.6. The van der Waals surface area contributed by atoms with Crippen molar-refractivity contribution in [2.75, 3.05) is 21.3 Å². The second kappa shape index (κ2) is 8.66. The van der Waals surface area contributed by atoms with Crippen molar-refractivity contribution in [1.82, 2.24) is 4.90 Å². The van der Waals surface area contributed by atoms with Crippen molar-refractivity contribution in [3.05, 3.63) is 69.8 Å². The highest BCUT2D eigenvalue weighted by molar-refractivity contribution is 5.91. The van der Waals surface area contributed by atoms with E-state index < -0.39 is 4.92 Å². The van der Waals surface area contributed by atoms with Gasteiger partial charge >= 0.3 is 0 Å². The van der Waals surface area contributed by atoms with Crippen LogP contribution in [0.2, 0.25) is 0 Å². The van der Waals surface area contributed by atoms with E-state index >= 15 is 0 Å². The van der Waals surface area contributed by atoms with Crippen LogP contribution < -0.4 is 9.47 Å². The molecule has 0 aliphatic carbocycles. The summed E-state index contributed by atoms with van der Waals surface area (Å²) in [7, 11) is 4.82. The fraction of sp³-hybridized carbons (Fsp3) is 0.211. The standard InChI is InChI=1S/C19H20N2O5/c1-20(13-15-6-10-17(25-2)18(12-15)26-3)19(22)11-7-14-4-8-16(9-5-14)21(23)24/h4-12H,13H2,1-3H3/b11-7+. The van der Waals surface area contributed by atoms with Crippen molar-refractivity contribution in [1.29, 1.82) is 0 Å². The van der Waals surface area contributed by atoms with Crippen LogP contribution in [0.25, 0.3) is 6.08 Å². The first-order chi connectivity index (χ1) is 12.4. The van der Waals surface area contributed by atoms with Gasteiger partial charge in [-0.15, -0.1) is 0 Å². The summed E-state index contributed by atoms with van der Waals surface area (Å²) in [6.07, 6.45) is 3.05. The molecule has 0 bridgehead atoms. The van der Waals surface area contributed by atoms with Gasteiger partial charge in [-0.05, 0) is 41.5 Å². The molecule has 0 heterocycles. The summed E-state index contributed by atoms with van der Waals surface area (Å²) in [5.74, 6) is 1.05. The van der Waals surface area contributed by atoms with Crippen molar-refractivity contribution in [2.24, 2.45) is 0 Å². The van der Waals surface area contributed by atoms with Gasteiger partial charge in [-0.2, -0.15) is 0 Å². The van der Waals surface area contributed by atoms with E-state index in [2.05, 4.69) is 0 Å². The number of nitrogens with zero attached hydrogens (tertiary/aromatic N) is 2. The zero-order valence-corrected chi connectivity index (χ0v) is 14.8. The molecule has 0 radical (unpaired) electrons. The molecule has 7 nitrogen and oxygen atoms in total. The van der Waals surface area contributed by atoms with Crippen LogP contribution >= 0.6 is 0 Å². The third-order valence-corrected chi connectivity index (χ3v) is 3.77. The Morgan fingerprint density at radius 1 is 1.12 bits per heavy atom. The maximum atomic E-state index is 12.2. The van der Waals surface area contributed by atoms with Crippen molar-refractivity contribution >= 4 is 17.7 Å². The maximum Gasteiger partial charge on any atom is 0.269 e. The Hall–Kier alpha value is -3.35. The maximum absolute atomic E-state index is 12.2. The van der Waals surface area contributed by atoms with Crippen LogP contribution in [0.3, 0.4) is 0 Å². The molecule has 0 aliphatic rings. The van der Waals surface area contributed by atoms with Crippen LogP contribution in [-0.2, 0) is 11.3 Å². The second-order valence-electron chi connectivity index (χ2n) is 5.57. The Morgan fingerprint density at radius 3 is 2.35 bits per heavy atom. The molecule has 0 aliphatic heterocycles. The lowest BCUT2D eigenvalue weighted by Gasteiger charge is -2.16. The number of likely N-dealkylation sites (N-methyl/N-ethyl adjacent to an activating group) is 1. The summed E-state index contributed by atoms with van der Waals surface area (Å²) in [4.78, 5) is 24.0. The van der Waals surface area contributed by atoms with Crippen molar-refractivity contribution in [2.45, 2.75) is 6.54 Å². The number of nitro benzene ring substituents is 1. The first-order valence-corrected chi connectivity index (χ1v) is 7.83. The van der Waals surface area contributed by atoms with Crippen LogP contribution in [0.1, 0.15) is 11.1 Å². The van der Waals surface area contributed by atoms with E-state index in [1.165, 1.54) is 18.2 Å².